The SMILES string of the molecule is CN=C(NCc1ccc(-n2ccnc2C)nc1)N1CCc2ccccc2C1.I. The molecular weight excluding hydrogens is 463 g/mol. The maximum atomic E-state index is 4.56. The molecule has 0 unspecified atom stereocenters. The third-order valence-corrected chi connectivity index (χ3v) is 4.97. The molecule has 28 heavy (non-hydrogen) atoms. The average Bonchev–Trinajstić information content (AvgIpc) is 3.15. The zero-order chi connectivity index (χ0) is 18.6. The summed E-state index contributed by atoms with van der Waals surface area (Å²) in [5, 5.41) is 3.47. The molecule has 1 aromatic carbocycles. The Kier molecular flexibility index (Phi) is 6.66. The van der Waals surface area contributed by atoms with Crippen LogP contribution in [0.15, 0.2) is 60.0 Å². The first-order valence-electron chi connectivity index (χ1n) is 9.22. The fourth-order valence-corrected chi connectivity index (χ4v) is 3.47. The maximum Gasteiger partial charge on any atom is 0.194 e. The van der Waals surface area contributed by atoms with Gasteiger partial charge in [-0.2, -0.15) is 0 Å². The molecule has 0 saturated heterocycles. The number of nitrogens with one attached hydrogen (secondary N) is 1. The molecule has 0 fully saturated rings. The summed E-state index contributed by atoms with van der Waals surface area (Å²) in [5.74, 6) is 2.74. The van der Waals surface area contributed by atoms with Crippen LogP contribution in [0.4, 0.5) is 0 Å². The van der Waals surface area contributed by atoms with Gasteiger partial charge in [-0.25, -0.2) is 9.97 Å². The van der Waals surface area contributed by atoms with Gasteiger partial charge in [0.05, 0.1) is 0 Å². The molecule has 1 aliphatic rings. The standard InChI is InChI=1S/C21H24N6.HI/c1-16-23-10-12-27(16)20-8-7-17(13-24-20)14-25-21(22-2)26-11-9-18-5-3-4-6-19(18)15-26;/h3-8,10,12-13H,9,11,14-15H2,1-2H3,(H,22,25);1H. The van der Waals surface area contributed by atoms with Gasteiger partial charge in [-0.05, 0) is 36.1 Å². The number of hydrogen-bond donors (Lipinski definition) is 1. The van der Waals surface area contributed by atoms with Crippen molar-refractivity contribution in [2.75, 3.05) is 13.6 Å². The second-order valence-corrected chi connectivity index (χ2v) is 6.71. The maximum absolute atomic E-state index is 4.56. The van der Waals surface area contributed by atoms with E-state index in [2.05, 4.69) is 55.5 Å². The van der Waals surface area contributed by atoms with Crippen molar-refractivity contribution in [2.24, 2.45) is 4.99 Å². The number of rotatable bonds is 3. The Labute approximate surface area is 182 Å². The molecule has 0 bridgehead atoms. The minimum absolute atomic E-state index is 0. The molecule has 1 aliphatic heterocycles. The van der Waals surface area contributed by atoms with Crippen LogP contribution in [-0.4, -0.2) is 39.0 Å². The summed E-state index contributed by atoms with van der Waals surface area (Å²) in [6.07, 6.45) is 6.66. The lowest BCUT2D eigenvalue weighted by Crippen LogP contribution is -2.43. The van der Waals surface area contributed by atoms with Crippen molar-refractivity contribution in [3.8, 4) is 5.82 Å². The monoisotopic (exact) mass is 488 g/mol. The number of pyridine rings is 1. The van der Waals surface area contributed by atoms with Crippen molar-refractivity contribution in [1.82, 2.24) is 24.8 Å². The van der Waals surface area contributed by atoms with Gasteiger partial charge in [0.2, 0.25) is 0 Å². The largest absolute Gasteiger partial charge is 0.352 e. The van der Waals surface area contributed by atoms with E-state index >= 15 is 0 Å². The Morgan fingerprint density at radius 1 is 1.14 bits per heavy atom. The molecule has 0 atom stereocenters. The number of guanidine groups is 1. The minimum Gasteiger partial charge on any atom is -0.352 e. The van der Waals surface area contributed by atoms with E-state index in [4.69, 9.17) is 0 Å². The molecule has 4 rings (SSSR count). The van der Waals surface area contributed by atoms with Gasteiger partial charge in [0.25, 0.3) is 0 Å². The van der Waals surface area contributed by atoms with Crippen molar-refractivity contribution in [3.05, 3.63) is 77.5 Å². The van der Waals surface area contributed by atoms with E-state index < -0.39 is 0 Å². The lowest BCUT2D eigenvalue weighted by molar-refractivity contribution is 0.378. The van der Waals surface area contributed by atoms with Crippen molar-refractivity contribution < 1.29 is 0 Å². The summed E-state index contributed by atoms with van der Waals surface area (Å²) in [7, 11) is 1.84. The summed E-state index contributed by atoms with van der Waals surface area (Å²) >= 11 is 0. The molecule has 0 radical (unpaired) electrons. The van der Waals surface area contributed by atoms with Gasteiger partial charge in [0.1, 0.15) is 11.6 Å². The van der Waals surface area contributed by atoms with Crippen molar-refractivity contribution in [2.45, 2.75) is 26.4 Å². The molecule has 0 amide bonds. The number of fused-ring (bicyclic) bond motifs is 1. The molecule has 146 valence electrons. The van der Waals surface area contributed by atoms with Crippen LogP contribution in [0.25, 0.3) is 5.82 Å². The van der Waals surface area contributed by atoms with Crippen LogP contribution in [0.1, 0.15) is 22.5 Å². The highest BCUT2D eigenvalue weighted by Gasteiger charge is 2.18. The molecule has 3 aromatic rings. The number of hydrogen-bond acceptors (Lipinski definition) is 3. The van der Waals surface area contributed by atoms with E-state index in [1.807, 2.05) is 37.0 Å². The van der Waals surface area contributed by atoms with Crippen LogP contribution in [0, 0.1) is 6.92 Å². The lowest BCUT2D eigenvalue weighted by atomic mass is 10.0. The van der Waals surface area contributed by atoms with Crippen molar-refractivity contribution in [3.63, 3.8) is 0 Å². The van der Waals surface area contributed by atoms with Crippen LogP contribution in [-0.2, 0) is 19.5 Å². The van der Waals surface area contributed by atoms with E-state index in [1.54, 1.807) is 6.20 Å². The third kappa shape index (κ3) is 4.35. The topological polar surface area (TPSA) is 58.3 Å². The Balaban J connectivity index is 0.00000225. The smallest absolute Gasteiger partial charge is 0.194 e. The van der Waals surface area contributed by atoms with Crippen molar-refractivity contribution >= 4 is 29.9 Å². The lowest BCUT2D eigenvalue weighted by Gasteiger charge is -2.31. The predicted molar refractivity (Wildman–Crippen MR) is 122 cm³/mol. The molecular formula is C21H25IN6. The van der Waals surface area contributed by atoms with Gasteiger partial charge in [0.15, 0.2) is 5.96 Å². The molecule has 1 N–H and O–H groups in total. The zero-order valence-corrected chi connectivity index (χ0v) is 18.5. The van der Waals surface area contributed by atoms with E-state index in [0.29, 0.717) is 6.54 Å². The first-order valence-corrected chi connectivity index (χ1v) is 9.22. The number of imidazole rings is 1. The van der Waals surface area contributed by atoms with E-state index in [0.717, 1.165) is 42.7 Å². The number of aliphatic imine (C=N–C) groups is 1. The molecule has 6 nitrogen and oxygen atoms in total. The fraction of sp³-hybridized carbons (Fsp3) is 0.286. The molecule has 3 heterocycles. The van der Waals surface area contributed by atoms with Crippen LogP contribution in [0.3, 0.4) is 0 Å². The molecule has 7 heteroatoms. The second-order valence-electron chi connectivity index (χ2n) is 6.71. The highest BCUT2D eigenvalue weighted by atomic mass is 127. The quantitative estimate of drug-likeness (QED) is 0.349. The Morgan fingerprint density at radius 2 is 1.96 bits per heavy atom. The van der Waals surface area contributed by atoms with Crippen LogP contribution in [0.2, 0.25) is 0 Å². The number of nitrogens with zero attached hydrogens (tertiary/aromatic N) is 5. The summed E-state index contributed by atoms with van der Waals surface area (Å²) in [6, 6.07) is 12.8. The molecule has 0 saturated carbocycles. The third-order valence-electron chi connectivity index (χ3n) is 4.97. The highest BCUT2D eigenvalue weighted by Crippen LogP contribution is 2.18. The molecule has 0 spiro atoms. The number of halogens is 1. The first kappa shape index (κ1) is 20.3. The minimum atomic E-state index is 0. The summed E-state index contributed by atoms with van der Waals surface area (Å²) in [4.78, 5) is 15.6. The average molecular weight is 488 g/mol. The second kappa shape index (κ2) is 9.18. The number of benzene rings is 1. The first-order chi connectivity index (χ1) is 13.2. The predicted octanol–water partition coefficient (Wildman–Crippen LogP) is 3.33. The Morgan fingerprint density at radius 3 is 2.64 bits per heavy atom. The van der Waals surface area contributed by atoms with E-state index in [-0.39, 0.29) is 24.0 Å². The van der Waals surface area contributed by atoms with Gasteiger partial charge in [0, 0.05) is 45.3 Å². The summed E-state index contributed by atoms with van der Waals surface area (Å²) in [6.45, 7) is 4.54. The van der Waals surface area contributed by atoms with Crippen molar-refractivity contribution in [1.29, 1.82) is 0 Å². The van der Waals surface area contributed by atoms with E-state index in [9.17, 15) is 0 Å². The van der Waals surface area contributed by atoms with Gasteiger partial charge in [-0.15, -0.1) is 24.0 Å². The van der Waals surface area contributed by atoms with Crippen LogP contribution >= 0.6 is 24.0 Å². The summed E-state index contributed by atoms with van der Waals surface area (Å²) in [5.41, 5.74) is 3.95. The Bertz CT molecular complexity index is 948. The van der Waals surface area contributed by atoms with E-state index in [1.165, 1.54) is 11.1 Å². The Hall–Kier alpha value is -2.42. The van der Waals surface area contributed by atoms with Gasteiger partial charge in [-0.1, -0.05) is 30.3 Å². The zero-order valence-electron chi connectivity index (χ0n) is 16.2. The number of aromatic nitrogens is 3. The van der Waals surface area contributed by atoms with Crippen LogP contribution < -0.4 is 5.32 Å². The van der Waals surface area contributed by atoms with Crippen LogP contribution in [0.5, 0.6) is 0 Å². The highest BCUT2D eigenvalue weighted by molar-refractivity contribution is 14.0. The van der Waals surface area contributed by atoms with Gasteiger partial charge >= 0.3 is 0 Å². The number of aryl methyl sites for hydroxylation is 1. The van der Waals surface area contributed by atoms with Gasteiger partial charge < -0.3 is 10.2 Å². The van der Waals surface area contributed by atoms with Gasteiger partial charge in [-0.3, -0.25) is 9.56 Å². The molecule has 2 aromatic heterocycles. The molecule has 0 aliphatic carbocycles. The summed E-state index contributed by atoms with van der Waals surface area (Å²) < 4.78 is 1.97. The normalized spacial score (nSPS) is 13.6. The fourth-order valence-electron chi connectivity index (χ4n) is 3.47.